The van der Waals surface area contributed by atoms with E-state index in [2.05, 4.69) is 5.32 Å². The Morgan fingerprint density at radius 1 is 1.35 bits per heavy atom. The summed E-state index contributed by atoms with van der Waals surface area (Å²) in [6.07, 6.45) is 2.33. The molecule has 0 fully saturated rings. The number of benzene rings is 1. The Labute approximate surface area is 115 Å². The van der Waals surface area contributed by atoms with Crippen LogP contribution < -0.4 is 5.32 Å². The summed E-state index contributed by atoms with van der Waals surface area (Å²) >= 11 is 0. The van der Waals surface area contributed by atoms with Crippen LogP contribution in [0.5, 0.6) is 0 Å². The number of carbonyl (C=O) groups is 2. The highest BCUT2D eigenvalue weighted by atomic mass is 16.6. The summed E-state index contributed by atoms with van der Waals surface area (Å²) in [5.74, 6) is -1.82. The monoisotopic (exact) mass is 278 g/mol. The largest absolute Gasteiger partial charge is 0.480 e. The van der Waals surface area contributed by atoms with Crippen molar-refractivity contribution in [2.24, 2.45) is 0 Å². The van der Waals surface area contributed by atoms with Gasteiger partial charge in [-0.1, -0.05) is 12.1 Å². The highest BCUT2D eigenvalue weighted by Gasteiger charge is 2.28. The number of para-hydroxylation sites is 1. The molecule has 7 nitrogen and oxygen atoms in total. The molecule has 106 valence electrons. The van der Waals surface area contributed by atoms with E-state index in [9.17, 15) is 19.7 Å². The molecule has 1 amide bonds. The predicted octanol–water partition coefficient (Wildman–Crippen LogP) is 1.59. The Hall–Kier alpha value is -2.70. The van der Waals surface area contributed by atoms with Gasteiger partial charge in [0.2, 0.25) is 5.91 Å². The van der Waals surface area contributed by atoms with E-state index >= 15 is 0 Å². The van der Waals surface area contributed by atoms with E-state index in [0.29, 0.717) is 0 Å². The maximum absolute atomic E-state index is 11.6. The Morgan fingerprint density at radius 2 is 1.95 bits per heavy atom. The van der Waals surface area contributed by atoms with Gasteiger partial charge in [0.1, 0.15) is 5.54 Å². The Balaban J connectivity index is 2.86. The van der Waals surface area contributed by atoms with E-state index in [1.54, 1.807) is 6.07 Å². The van der Waals surface area contributed by atoms with Crippen molar-refractivity contribution < 1.29 is 19.6 Å². The van der Waals surface area contributed by atoms with Gasteiger partial charge in [0.15, 0.2) is 0 Å². The first kappa shape index (κ1) is 15.4. The molecular weight excluding hydrogens is 264 g/mol. The van der Waals surface area contributed by atoms with Crippen LogP contribution >= 0.6 is 0 Å². The van der Waals surface area contributed by atoms with Crippen molar-refractivity contribution in [1.82, 2.24) is 5.32 Å². The molecule has 0 saturated heterocycles. The minimum atomic E-state index is -1.41. The van der Waals surface area contributed by atoms with Crippen molar-refractivity contribution >= 4 is 23.6 Å². The fourth-order valence-corrected chi connectivity index (χ4v) is 1.36. The zero-order chi connectivity index (χ0) is 15.3. The fourth-order valence-electron chi connectivity index (χ4n) is 1.36. The molecule has 1 aromatic rings. The van der Waals surface area contributed by atoms with Crippen LogP contribution in [0.25, 0.3) is 6.08 Å². The van der Waals surface area contributed by atoms with Crippen molar-refractivity contribution in [2.75, 3.05) is 0 Å². The van der Waals surface area contributed by atoms with E-state index in [-0.39, 0.29) is 11.3 Å². The summed E-state index contributed by atoms with van der Waals surface area (Å²) in [4.78, 5) is 32.7. The van der Waals surface area contributed by atoms with Gasteiger partial charge in [0, 0.05) is 12.1 Å². The van der Waals surface area contributed by atoms with Gasteiger partial charge >= 0.3 is 5.97 Å². The predicted molar refractivity (Wildman–Crippen MR) is 72.0 cm³/mol. The minimum absolute atomic E-state index is 0.131. The quantitative estimate of drug-likeness (QED) is 0.483. The van der Waals surface area contributed by atoms with Crippen molar-refractivity contribution in [3.63, 3.8) is 0 Å². The number of amides is 1. The number of nitro groups is 1. The van der Waals surface area contributed by atoms with E-state index < -0.39 is 22.3 Å². The minimum Gasteiger partial charge on any atom is -0.480 e. The van der Waals surface area contributed by atoms with Crippen LogP contribution in [0.2, 0.25) is 0 Å². The van der Waals surface area contributed by atoms with Crippen LogP contribution in [0, 0.1) is 10.1 Å². The molecule has 0 aliphatic heterocycles. The third-order valence-electron chi connectivity index (χ3n) is 2.52. The molecule has 0 heterocycles. The lowest BCUT2D eigenvalue weighted by Gasteiger charge is -2.19. The van der Waals surface area contributed by atoms with Crippen LogP contribution in [-0.4, -0.2) is 27.4 Å². The van der Waals surface area contributed by atoms with Gasteiger partial charge in [-0.05, 0) is 26.0 Å². The lowest BCUT2D eigenvalue weighted by Crippen LogP contribution is -2.49. The number of hydrogen-bond acceptors (Lipinski definition) is 4. The van der Waals surface area contributed by atoms with Crippen molar-refractivity contribution in [1.29, 1.82) is 0 Å². The summed E-state index contributed by atoms with van der Waals surface area (Å²) in [7, 11) is 0. The average molecular weight is 278 g/mol. The third kappa shape index (κ3) is 3.91. The molecule has 2 N–H and O–H groups in total. The van der Waals surface area contributed by atoms with E-state index in [1.165, 1.54) is 38.1 Å². The van der Waals surface area contributed by atoms with Gasteiger partial charge in [-0.15, -0.1) is 0 Å². The number of carbonyl (C=O) groups excluding carboxylic acids is 1. The molecule has 0 unspecified atom stereocenters. The van der Waals surface area contributed by atoms with Crippen LogP contribution in [0.3, 0.4) is 0 Å². The number of rotatable bonds is 5. The highest BCUT2D eigenvalue weighted by molar-refractivity contribution is 5.95. The highest BCUT2D eigenvalue weighted by Crippen LogP contribution is 2.18. The SMILES string of the molecule is CC(C)(NC(=O)/C=C/c1ccccc1[N+](=O)[O-])C(=O)O. The molecule has 7 heteroatoms. The zero-order valence-electron chi connectivity index (χ0n) is 11.0. The first-order chi connectivity index (χ1) is 9.24. The molecule has 0 saturated carbocycles. The van der Waals surface area contributed by atoms with Crippen molar-refractivity contribution in [3.8, 4) is 0 Å². The smallest absolute Gasteiger partial charge is 0.328 e. The Morgan fingerprint density at radius 3 is 2.50 bits per heavy atom. The number of nitro benzene ring substituents is 1. The second-order valence-corrected chi connectivity index (χ2v) is 4.57. The van der Waals surface area contributed by atoms with Crippen LogP contribution in [0.15, 0.2) is 30.3 Å². The molecular formula is C13H14N2O5. The molecule has 0 bridgehead atoms. The summed E-state index contributed by atoms with van der Waals surface area (Å²) in [5.41, 5.74) is -1.28. The number of nitrogens with one attached hydrogen (secondary N) is 1. The number of aliphatic carboxylic acids is 1. The van der Waals surface area contributed by atoms with Crippen molar-refractivity contribution in [2.45, 2.75) is 19.4 Å². The maximum Gasteiger partial charge on any atom is 0.328 e. The summed E-state index contributed by atoms with van der Waals surface area (Å²) < 4.78 is 0. The van der Waals surface area contributed by atoms with Crippen molar-refractivity contribution in [3.05, 3.63) is 46.0 Å². The van der Waals surface area contributed by atoms with E-state index in [1.807, 2.05) is 0 Å². The lowest BCUT2D eigenvalue weighted by atomic mass is 10.1. The van der Waals surface area contributed by atoms with Gasteiger partial charge in [0.25, 0.3) is 5.69 Å². The summed E-state index contributed by atoms with van der Waals surface area (Å²) in [6, 6.07) is 5.93. The molecule has 0 aromatic heterocycles. The molecule has 0 aliphatic carbocycles. The van der Waals surface area contributed by atoms with Gasteiger partial charge in [-0.3, -0.25) is 14.9 Å². The van der Waals surface area contributed by atoms with Gasteiger partial charge < -0.3 is 10.4 Å². The molecule has 0 atom stereocenters. The van der Waals surface area contributed by atoms with Crippen LogP contribution in [0.4, 0.5) is 5.69 Å². The fraction of sp³-hybridized carbons (Fsp3) is 0.231. The van der Waals surface area contributed by atoms with E-state index in [4.69, 9.17) is 5.11 Å². The third-order valence-corrected chi connectivity index (χ3v) is 2.52. The first-order valence-corrected chi connectivity index (χ1v) is 5.71. The Kier molecular flexibility index (Phi) is 4.58. The second-order valence-electron chi connectivity index (χ2n) is 4.57. The Bertz CT molecular complexity index is 578. The summed E-state index contributed by atoms with van der Waals surface area (Å²) in [5, 5.41) is 21.9. The number of hydrogen-bond donors (Lipinski definition) is 2. The molecule has 0 spiro atoms. The zero-order valence-corrected chi connectivity index (χ0v) is 11.0. The normalized spacial score (nSPS) is 11.3. The number of carboxylic acids is 1. The molecule has 1 rings (SSSR count). The average Bonchev–Trinajstić information content (AvgIpc) is 2.35. The standard InChI is InChI=1S/C13H14N2O5/c1-13(2,12(17)18)14-11(16)8-7-9-5-3-4-6-10(9)15(19)20/h3-8H,1-2H3,(H,14,16)(H,17,18)/b8-7+. The number of carboxylic acid groups (broad SMARTS) is 1. The topological polar surface area (TPSA) is 110 Å². The number of nitrogens with zero attached hydrogens (tertiary/aromatic N) is 1. The van der Waals surface area contributed by atoms with Gasteiger partial charge in [0.05, 0.1) is 10.5 Å². The molecule has 1 aromatic carbocycles. The maximum atomic E-state index is 11.6. The lowest BCUT2D eigenvalue weighted by molar-refractivity contribution is -0.385. The van der Waals surface area contributed by atoms with Crippen LogP contribution in [-0.2, 0) is 9.59 Å². The van der Waals surface area contributed by atoms with Crippen LogP contribution in [0.1, 0.15) is 19.4 Å². The van der Waals surface area contributed by atoms with Gasteiger partial charge in [-0.2, -0.15) is 0 Å². The van der Waals surface area contributed by atoms with Gasteiger partial charge in [-0.25, -0.2) is 4.79 Å². The molecule has 0 radical (unpaired) electrons. The summed E-state index contributed by atoms with van der Waals surface area (Å²) in [6.45, 7) is 2.68. The first-order valence-electron chi connectivity index (χ1n) is 5.71. The second kappa shape index (κ2) is 5.96. The molecule has 0 aliphatic rings. The molecule has 20 heavy (non-hydrogen) atoms. The van der Waals surface area contributed by atoms with E-state index in [0.717, 1.165) is 6.08 Å².